The number of ketones is 1. The summed E-state index contributed by atoms with van der Waals surface area (Å²) in [6.07, 6.45) is 20.0. The molecule has 0 aliphatic heterocycles. The SMILES string of the molecule is C=CC(=O)CCC[N+](C)(C)CCCCCCCCCCCCCC.[Br-]. The minimum Gasteiger partial charge on any atom is -1.00 e. The van der Waals surface area contributed by atoms with Crippen molar-refractivity contribution < 1.29 is 26.3 Å². The van der Waals surface area contributed by atoms with Crippen LogP contribution in [0.25, 0.3) is 0 Å². The van der Waals surface area contributed by atoms with Gasteiger partial charge in [0.25, 0.3) is 0 Å². The van der Waals surface area contributed by atoms with Gasteiger partial charge in [-0.05, 0) is 18.9 Å². The molecule has 0 heterocycles. The second kappa shape index (κ2) is 18.6. The van der Waals surface area contributed by atoms with Gasteiger partial charge in [0.2, 0.25) is 0 Å². The minimum absolute atomic E-state index is 0. The summed E-state index contributed by atoms with van der Waals surface area (Å²) in [6.45, 7) is 8.15. The summed E-state index contributed by atoms with van der Waals surface area (Å²) in [6, 6.07) is 0. The molecule has 0 N–H and O–H groups in total. The van der Waals surface area contributed by atoms with Gasteiger partial charge in [0, 0.05) is 12.8 Å². The van der Waals surface area contributed by atoms with Crippen molar-refractivity contribution in [1.82, 2.24) is 0 Å². The number of allylic oxidation sites excluding steroid dienone is 1. The molecule has 0 saturated heterocycles. The zero-order valence-electron chi connectivity index (χ0n) is 17.3. The Morgan fingerprint density at radius 1 is 0.760 bits per heavy atom. The molecule has 0 rings (SSSR count). The van der Waals surface area contributed by atoms with Crippen LogP contribution in [0.15, 0.2) is 12.7 Å². The molecular formula is C22H44BrNO. The first-order valence-electron chi connectivity index (χ1n) is 10.5. The van der Waals surface area contributed by atoms with Crippen LogP contribution >= 0.6 is 0 Å². The van der Waals surface area contributed by atoms with Crippen LogP contribution in [-0.2, 0) is 4.79 Å². The lowest BCUT2D eigenvalue weighted by Gasteiger charge is -2.29. The van der Waals surface area contributed by atoms with Crippen LogP contribution in [0.5, 0.6) is 0 Å². The molecule has 0 radical (unpaired) electrons. The van der Waals surface area contributed by atoms with Gasteiger partial charge in [0.1, 0.15) is 0 Å². The van der Waals surface area contributed by atoms with Crippen molar-refractivity contribution in [3.05, 3.63) is 12.7 Å². The molecule has 0 aromatic carbocycles. The number of quaternary nitrogens is 1. The van der Waals surface area contributed by atoms with Crippen molar-refractivity contribution in [1.29, 1.82) is 0 Å². The lowest BCUT2D eigenvalue weighted by molar-refractivity contribution is -0.890. The fourth-order valence-corrected chi connectivity index (χ4v) is 3.28. The second-order valence-corrected chi connectivity index (χ2v) is 8.05. The Bertz CT molecular complexity index is 315. The van der Waals surface area contributed by atoms with E-state index in [-0.39, 0.29) is 22.8 Å². The largest absolute Gasteiger partial charge is 1.00 e. The van der Waals surface area contributed by atoms with Gasteiger partial charge in [0.05, 0.1) is 27.2 Å². The number of hydrogen-bond donors (Lipinski definition) is 0. The van der Waals surface area contributed by atoms with Crippen LogP contribution in [0, 0.1) is 0 Å². The average Bonchev–Trinajstić information content (AvgIpc) is 2.55. The monoisotopic (exact) mass is 417 g/mol. The molecule has 3 heteroatoms. The number of halogens is 1. The zero-order valence-corrected chi connectivity index (χ0v) is 18.9. The van der Waals surface area contributed by atoms with Crippen molar-refractivity contribution in [3.8, 4) is 0 Å². The van der Waals surface area contributed by atoms with Crippen LogP contribution in [0.3, 0.4) is 0 Å². The van der Waals surface area contributed by atoms with E-state index in [2.05, 4.69) is 27.6 Å². The summed E-state index contributed by atoms with van der Waals surface area (Å²) in [5.74, 6) is 0.181. The quantitative estimate of drug-likeness (QED) is 0.190. The zero-order chi connectivity index (χ0) is 18.1. The molecule has 0 aromatic rings. The molecule has 0 unspecified atom stereocenters. The van der Waals surface area contributed by atoms with Gasteiger partial charge < -0.3 is 21.5 Å². The molecule has 0 amide bonds. The summed E-state index contributed by atoms with van der Waals surface area (Å²) in [5.41, 5.74) is 0. The fraction of sp³-hybridized carbons (Fsp3) is 0.864. The predicted molar refractivity (Wildman–Crippen MR) is 107 cm³/mol. The van der Waals surface area contributed by atoms with E-state index in [4.69, 9.17) is 0 Å². The van der Waals surface area contributed by atoms with Crippen LogP contribution < -0.4 is 17.0 Å². The van der Waals surface area contributed by atoms with Crippen LogP contribution in [0.1, 0.15) is 96.8 Å². The molecule has 0 spiro atoms. The van der Waals surface area contributed by atoms with E-state index in [1.807, 2.05) is 0 Å². The first-order chi connectivity index (χ1) is 11.5. The van der Waals surface area contributed by atoms with E-state index >= 15 is 0 Å². The highest BCUT2D eigenvalue weighted by Crippen LogP contribution is 2.13. The van der Waals surface area contributed by atoms with Crippen molar-refractivity contribution in [2.24, 2.45) is 0 Å². The normalized spacial score (nSPS) is 11.2. The highest BCUT2D eigenvalue weighted by atomic mass is 79.9. The molecule has 0 fully saturated rings. The van der Waals surface area contributed by atoms with Crippen LogP contribution in [-0.4, -0.2) is 37.5 Å². The fourth-order valence-electron chi connectivity index (χ4n) is 3.28. The Morgan fingerprint density at radius 3 is 1.60 bits per heavy atom. The molecule has 150 valence electrons. The van der Waals surface area contributed by atoms with E-state index < -0.39 is 0 Å². The van der Waals surface area contributed by atoms with E-state index in [0.717, 1.165) is 17.4 Å². The van der Waals surface area contributed by atoms with Gasteiger partial charge in [-0.1, -0.05) is 77.7 Å². The summed E-state index contributed by atoms with van der Waals surface area (Å²) < 4.78 is 1.04. The third-order valence-electron chi connectivity index (χ3n) is 5.03. The first kappa shape index (κ1) is 27.1. The topological polar surface area (TPSA) is 17.1 Å². The predicted octanol–water partition coefficient (Wildman–Crippen LogP) is 3.30. The molecule has 0 saturated carbocycles. The van der Waals surface area contributed by atoms with Crippen molar-refractivity contribution in [2.45, 2.75) is 96.8 Å². The minimum atomic E-state index is 0. The van der Waals surface area contributed by atoms with Crippen molar-refractivity contribution in [3.63, 3.8) is 0 Å². The highest BCUT2D eigenvalue weighted by Gasteiger charge is 2.14. The van der Waals surface area contributed by atoms with Crippen molar-refractivity contribution >= 4 is 5.78 Å². The van der Waals surface area contributed by atoms with Gasteiger partial charge in [-0.25, -0.2) is 0 Å². The van der Waals surface area contributed by atoms with Gasteiger partial charge in [-0.3, -0.25) is 4.79 Å². The number of nitrogens with zero attached hydrogens (tertiary/aromatic N) is 1. The number of hydrogen-bond acceptors (Lipinski definition) is 1. The molecule has 2 nitrogen and oxygen atoms in total. The van der Waals surface area contributed by atoms with Gasteiger partial charge in [-0.2, -0.15) is 0 Å². The molecule has 0 aromatic heterocycles. The van der Waals surface area contributed by atoms with Gasteiger partial charge in [-0.15, -0.1) is 0 Å². The molecule has 25 heavy (non-hydrogen) atoms. The van der Waals surface area contributed by atoms with E-state index in [9.17, 15) is 4.79 Å². The number of rotatable bonds is 18. The van der Waals surface area contributed by atoms with E-state index in [1.54, 1.807) is 0 Å². The second-order valence-electron chi connectivity index (χ2n) is 8.05. The van der Waals surface area contributed by atoms with E-state index in [0.29, 0.717) is 6.42 Å². The molecule has 0 aliphatic carbocycles. The first-order valence-corrected chi connectivity index (χ1v) is 10.5. The summed E-state index contributed by atoms with van der Waals surface area (Å²) >= 11 is 0. The maximum atomic E-state index is 11.2. The maximum Gasteiger partial charge on any atom is 0.155 e. The van der Waals surface area contributed by atoms with Crippen molar-refractivity contribution in [2.75, 3.05) is 27.2 Å². The van der Waals surface area contributed by atoms with Crippen LogP contribution in [0.2, 0.25) is 0 Å². The number of carbonyl (C=O) groups excluding carboxylic acids is 1. The van der Waals surface area contributed by atoms with Gasteiger partial charge >= 0.3 is 0 Å². The highest BCUT2D eigenvalue weighted by molar-refractivity contribution is 5.88. The Morgan fingerprint density at radius 2 is 1.16 bits per heavy atom. The van der Waals surface area contributed by atoms with Crippen LogP contribution in [0.4, 0.5) is 0 Å². The molecule has 0 atom stereocenters. The standard InChI is InChI=1S/C22H44NO.BrH/c1-5-7-8-9-10-11-12-13-14-15-16-17-20-23(3,4)21-18-19-22(24)6-2;/h6H,2,5,7-21H2,1,3-4H3;1H/q+1;/p-1. The smallest absolute Gasteiger partial charge is 0.155 e. The summed E-state index contributed by atoms with van der Waals surface area (Å²) in [4.78, 5) is 11.2. The Labute approximate surface area is 168 Å². The number of unbranched alkanes of at least 4 members (excludes halogenated alkanes) is 11. The number of carbonyl (C=O) groups is 1. The molecular weight excluding hydrogens is 374 g/mol. The Balaban J connectivity index is 0. The third kappa shape index (κ3) is 20.0. The lowest BCUT2D eigenvalue weighted by atomic mass is 10.1. The third-order valence-corrected chi connectivity index (χ3v) is 5.03. The summed E-state index contributed by atoms with van der Waals surface area (Å²) in [7, 11) is 4.58. The van der Waals surface area contributed by atoms with Gasteiger partial charge in [0.15, 0.2) is 5.78 Å². The molecule has 0 aliphatic rings. The average molecular weight is 419 g/mol. The van der Waals surface area contributed by atoms with E-state index in [1.165, 1.54) is 89.7 Å². The molecule has 0 bridgehead atoms. The Kier molecular flexibility index (Phi) is 20.2. The maximum absolute atomic E-state index is 11.2. The lowest BCUT2D eigenvalue weighted by Crippen LogP contribution is -3.00. The Hall–Kier alpha value is -0.150. The summed E-state index contributed by atoms with van der Waals surface area (Å²) in [5, 5.41) is 0.